The lowest BCUT2D eigenvalue weighted by Gasteiger charge is -2.13. The van der Waals surface area contributed by atoms with Crippen LogP contribution in [-0.2, 0) is 0 Å². The molecule has 0 aromatic rings. The zero-order valence-electron chi connectivity index (χ0n) is 9.16. The van der Waals surface area contributed by atoms with Crippen LogP contribution in [0, 0.1) is 5.92 Å². The van der Waals surface area contributed by atoms with Gasteiger partial charge in [-0.25, -0.2) is 0 Å². The Morgan fingerprint density at radius 3 is 2.54 bits per heavy atom. The molecule has 0 saturated carbocycles. The second kappa shape index (κ2) is 7.84. The Morgan fingerprint density at radius 1 is 1.38 bits per heavy atom. The summed E-state index contributed by atoms with van der Waals surface area (Å²) < 4.78 is 0. The maximum Gasteiger partial charge on any atom is 0.0408 e. The topological polar surface area (TPSA) is 15.6 Å². The minimum Gasteiger partial charge on any atom is -0.274 e. The fourth-order valence-electron chi connectivity index (χ4n) is 1.19. The average Bonchev–Trinajstić information content (AvgIpc) is 2.10. The molecule has 0 aromatic carbocycles. The first-order chi connectivity index (χ1) is 6.20. The summed E-state index contributed by atoms with van der Waals surface area (Å²) >= 11 is 0. The Hall–Kier alpha value is -0.790. The summed E-state index contributed by atoms with van der Waals surface area (Å²) in [6, 6.07) is 0. The molecule has 0 unspecified atom stereocenters. The van der Waals surface area contributed by atoms with Crippen LogP contribution in [0.4, 0.5) is 0 Å². The molecule has 0 radical (unpaired) electrons. The molecule has 0 fully saturated rings. The Balaban J connectivity index is 3.44. The van der Waals surface area contributed by atoms with Gasteiger partial charge in [0.05, 0.1) is 0 Å². The number of hydrogen-bond acceptors (Lipinski definition) is 2. The molecule has 0 heterocycles. The van der Waals surface area contributed by atoms with Gasteiger partial charge in [-0.3, -0.25) is 5.01 Å². The van der Waals surface area contributed by atoms with Crippen LogP contribution in [0.2, 0.25) is 0 Å². The van der Waals surface area contributed by atoms with Crippen molar-refractivity contribution in [3.8, 4) is 0 Å². The number of nitrogens with zero attached hydrogens (tertiary/aromatic N) is 2. The first kappa shape index (κ1) is 12.2. The smallest absolute Gasteiger partial charge is 0.0408 e. The summed E-state index contributed by atoms with van der Waals surface area (Å²) in [5.74, 6) is 0.812. The zero-order valence-corrected chi connectivity index (χ0v) is 9.16. The molecular formula is C11H22N2. The van der Waals surface area contributed by atoms with Crippen LogP contribution in [0.15, 0.2) is 17.4 Å². The van der Waals surface area contributed by atoms with Crippen LogP contribution in [0.3, 0.4) is 0 Å². The van der Waals surface area contributed by atoms with Crippen molar-refractivity contribution in [2.45, 2.75) is 40.0 Å². The molecule has 0 aliphatic rings. The highest BCUT2D eigenvalue weighted by atomic mass is 15.4. The number of hydrogen-bond donors (Lipinski definition) is 0. The van der Waals surface area contributed by atoms with E-state index in [4.69, 9.17) is 0 Å². The third kappa shape index (κ3) is 7.57. The molecule has 0 saturated heterocycles. The van der Waals surface area contributed by atoms with Crippen molar-refractivity contribution in [1.82, 2.24) is 5.01 Å². The molecule has 0 rings (SSSR count). The fraction of sp³-hybridized carbons (Fsp3) is 0.727. The van der Waals surface area contributed by atoms with E-state index in [-0.39, 0.29) is 0 Å². The van der Waals surface area contributed by atoms with Crippen molar-refractivity contribution in [2.75, 3.05) is 6.54 Å². The molecule has 76 valence electrons. The Bertz CT molecular complexity index is 150. The van der Waals surface area contributed by atoms with E-state index in [0.717, 1.165) is 12.5 Å². The Morgan fingerprint density at radius 2 is 2.08 bits per heavy atom. The predicted octanol–water partition coefficient (Wildman–Crippen LogP) is 3.26. The van der Waals surface area contributed by atoms with E-state index in [1.54, 1.807) is 0 Å². The molecule has 0 aromatic heterocycles. The van der Waals surface area contributed by atoms with Gasteiger partial charge in [0.15, 0.2) is 0 Å². The van der Waals surface area contributed by atoms with E-state index in [2.05, 4.69) is 25.7 Å². The monoisotopic (exact) mass is 182 g/mol. The van der Waals surface area contributed by atoms with Crippen LogP contribution in [0.1, 0.15) is 40.0 Å². The van der Waals surface area contributed by atoms with Gasteiger partial charge >= 0.3 is 0 Å². The van der Waals surface area contributed by atoms with E-state index < -0.39 is 0 Å². The molecule has 2 heteroatoms. The van der Waals surface area contributed by atoms with Crippen molar-refractivity contribution < 1.29 is 0 Å². The summed E-state index contributed by atoms with van der Waals surface area (Å²) in [7, 11) is 0. The third-order valence-electron chi connectivity index (χ3n) is 1.92. The van der Waals surface area contributed by atoms with Crippen LogP contribution in [0.5, 0.6) is 0 Å². The first-order valence-electron chi connectivity index (χ1n) is 5.06. The summed E-state index contributed by atoms with van der Waals surface area (Å²) in [5.41, 5.74) is 0. The van der Waals surface area contributed by atoms with Crippen LogP contribution in [0.25, 0.3) is 0 Å². The highest BCUT2D eigenvalue weighted by Gasteiger charge is 1.96. The number of unbranched alkanes of at least 4 members (excludes halogenated alkanes) is 1. The molecule has 0 amide bonds. The quantitative estimate of drug-likeness (QED) is 0.335. The highest BCUT2D eigenvalue weighted by molar-refractivity contribution is 5.22. The maximum absolute atomic E-state index is 3.89. The van der Waals surface area contributed by atoms with Crippen molar-refractivity contribution in [2.24, 2.45) is 11.0 Å². The van der Waals surface area contributed by atoms with Gasteiger partial charge in [0, 0.05) is 19.5 Å². The summed E-state index contributed by atoms with van der Waals surface area (Å²) in [5, 5.41) is 5.78. The van der Waals surface area contributed by atoms with Crippen molar-refractivity contribution in [3.05, 3.63) is 12.3 Å². The van der Waals surface area contributed by atoms with Crippen LogP contribution >= 0.6 is 0 Å². The maximum atomic E-state index is 3.89. The van der Waals surface area contributed by atoms with Crippen molar-refractivity contribution in [3.63, 3.8) is 0 Å². The van der Waals surface area contributed by atoms with Gasteiger partial charge in [-0.1, -0.05) is 32.8 Å². The SMILES string of the molecule is C=NN(/C=C\C)CCCCC(C)C. The molecule has 0 spiro atoms. The summed E-state index contributed by atoms with van der Waals surface area (Å²) in [6.07, 6.45) is 7.73. The van der Waals surface area contributed by atoms with Crippen LogP contribution in [-0.4, -0.2) is 18.3 Å². The average molecular weight is 182 g/mol. The molecule has 0 bridgehead atoms. The summed E-state index contributed by atoms with van der Waals surface area (Å²) in [6.45, 7) is 11.0. The van der Waals surface area contributed by atoms with E-state index in [0.29, 0.717) is 0 Å². The fourth-order valence-corrected chi connectivity index (χ4v) is 1.19. The van der Waals surface area contributed by atoms with Gasteiger partial charge in [0.1, 0.15) is 0 Å². The number of allylic oxidation sites excluding steroid dienone is 1. The van der Waals surface area contributed by atoms with Gasteiger partial charge in [0.2, 0.25) is 0 Å². The number of rotatable bonds is 7. The van der Waals surface area contributed by atoms with Gasteiger partial charge in [-0.15, -0.1) is 0 Å². The minimum atomic E-state index is 0.812. The van der Waals surface area contributed by atoms with Gasteiger partial charge < -0.3 is 0 Å². The third-order valence-corrected chi connectivity index (χ3v) is 1.92. The first-order valence-corrected chi connectivity index (χ1v) is 5.06. The second-order valence-electron chi connectivity index (χ2n) is 3.68. The molecule has 13 heavy (non-hydrogen) atoms. The predicted molar refractivity (Wildman–Crippen MR) is 59.8 cm³/mol. The normalized spacial score (nSPS) is 11.1. The number of hydrazone groups is 1. The van der Waals surface area contributed by atoms with Crippen LogP contribution < -0.4 is 0 Å². The summed E-state index contributed by atoms with van der Waals surface area (Å²) in [4.78, 5) is 0. The lowest BCUT2D eigenvalue weighted by atomic mass is 10.1. The Labute approximate surface area is 82.3 Å². The standard InChI is InChI=1S/C11H22N2/c1-5-9-13(12-4)10-7-6-8-11(2)3/h5,9,11H,4,6-8,10H2,1-3H3/b9-5-. The molecule has 0 atom stereocenters. The van der Waals surface area contributed by atoms with Crippen molar-refractivity contribution in [1.29, 1.82) is 0 Å². The largest absolute Gasteiger partial charge is 0.274 e. The van der Waals surface area contributed by atoms with E-state index in [9.17, 15) is 0 Å². The van der Waals surface area contributed by atoms with Gasteiger partial charge in [-0.2, -0.15) is 5.10 Å². The molecule has 0 aliphatic heterocycles. The molecule has 0 aliphatic carbocycles. The lowest BCUT2D eigenvalue weighted by Crippen LogP contribution is -2.10. The second-order valence-corrected chi connectivity index (χ2v) is 3.68. The zero-order chi connectivity index (χ0) is 10.1. The molecule has 0 N–H and O–H groups in total. The highest BCUT2D eigenvalue weighted by Crippen LogP contribution is 2.07. The van der Waals surface area contributed by atoms with Gasteiger partial charge in [-0.05, 0) is 19.3 Å². The molecule has 2 nitrogen and oxygen atoms in total. The van der Waals surface area contributed by atoms with Crippen molar-refractivity contribution >= 4 is 6.72 Å². The van der Waals surface area contributed by atoms with E-state index in [1.165, 1.54) is 19.3 Å². The lowest BCUT2D eigenvalue weighted by molar-refractivity contribution is 0.378. The minimum absolute atomic E-state index is 0.812. The molecular weight excluding hydrogens is 160 g/mol. The Kier molecular flexibility index (Phi) is 7.36. The van der Waals surface area contributed by atoms with Gasteiger partial charge in [0.25, 0.3) is 0 Å². The van der Waals surface area contributed by atoms with E-state index in [1.807, 2.05) is 24.2 Å². The van der Waals surface area contributed by atoms with E-state index >= 15 is 0 Å².